The smallest absolute Gasteiger partial charge is 0.257 e. The minimum Gasteiger partial charge on any atom is -0.472 e. The molecule has 6 heteroatoms. The van der Waals surface area contributed by atoms with Gasteiger partial charge in [0.2, 0.25) is 0 Å². The average molecular weight is 290 g/mol. The molecule has 1 amide bonds. The number of carbonyl (C=O) groups excluding carboxylic acids is 1. The van der Waals surface area contributed by atoms with Crippen molar-refractivity contribution < 1.29 is 13.9 Å². The molecule has 0 unspecified atom stereocenters. The summed E-state index contributed by atoms with van der Waals surface area (Å²) in [6, 6.07) is 1.70. The lowest BCUT2D eigenvalue weighted by Crippen LogP contribution is -2.30. The number of thiazole rings is 1. The van der Waals surface area contributed by atoms with Gasteiger partial charge in [0.05, 0.1) is 17.9 Å². The molecule has 5 nitrogen and oxygen atoms in total. The SMILES string of the molecule is O=C(c1ccoc1)N1C[C@@H]2C[C@@H](c3nccs3)O[C@@H]2C1. The molecule has 2 aliphatic rings. The third-order valence-corrected chi connectivity index (χ3v) is 4.89. The molecule has 0 bridgehead atoms. The number of rotatable bonds is 2. The van der Waals surface area contributed by atoms with Crippen LogP contribution < -0.4 is 0 Å². The molecule has 0 aliphatic carbocycles. The summed E-state index contributed by atoms with van der Waals surface area (Å²) < 4.78 is 11.0. The van der Waals surface area contributed by atoms with E-state index in [1.54, 1.807) is 17.4 Å². The van der Waals surface area contributed by atoms with Crippen LogP contribution in [0.1, 0.15) is 27.9 Å². The van der Waals surface area contributed by atoms with E-state index in [-0.39, 0.29) is 18.1 Å². The first-order chi connectivity index (χ1) is 9.81. The fourth-order valence-electron chi connectivity index (χ4n) is 3.05. The first-order valence-corrected chi connectivity index (χ1v) is 7.55. The second kappa shape index (κ2) is 4.71. The number of furan rings is 1. The first kappa shape index (κ1) is 12.1. The van der Waals surface area contributed by atoms with Gasteiger partial charge in [-0.3, -0.25) is 4.79 Å². The van der Waals surface area contributed by atoms with E-state index in [4.69, 9.17) is 9.15 Å². The summed E-state index contributed by atoms with van der Waals surface area (Å²) in [5, 5.41) is 3.02. The lowest BCUT2D eigenvalue weighted by atomic mass is 10.0. The van der Waals surface area contributed by atoms with Crippen LogP contribution in [0.5, 0.6) is 0 Å². The molecule has 2 fully saturated rings. The van der Waals surface area contributed by atoms with Crippen molar-refractivity contribution in [3.63, 3.8) is 0 Å². The monoisotopic (exact) mass is 290 g/mol. The maximum Gasteiger partial charge on any atom is 0.257 e. The van der Waals surface area contributed by atoms with E-state index in [1.165, 1.54) is 12.5 Å². The van der Waals surface area contributed by atoms with E-state index in [9.17, 15) is 4.79 Å². The first-order valence-electron chi connectivity index (χ1n) is 6.67. The zero-order valence-corrected chi connectivity index (χ0v) is 11.6. The van der Waals surface area contributed by atoms with Gasteiger partial charge in [-0.25, -0.2) is 4.98 Å². The van der Waals surface area contributed by atoms with Gasteiger partial charge in [0.25, 0.3) is 5.91 Å². The van der Waals surface area contributed by atoms with Gasteiger partial charge in [0.1, 0.15) is 17.4 Å². The second-order valence-corrected chi connectivity index (χ2v) is 6.18. The molecule has 2 saturated heterocycles. The maximum atomic E-state index is 12.2. The molecule has 3 atom stereocenters. The highest BCUT2D eigenvalue weighted by molar-refractivity contribution is 7.09. The fourth-order valence-corrected chi connectivity index (χ4v) is 3.74. The third kappa shape index (κ3) is 1.96. The van der Waals surface area contributed by atoms with E-state index >= 15 is 0 Å². The zero-order chi connectivity index (χ0) is 13.5. The number of hydrogen-bond acceptors (Lipinski definition) is 5. The minimum absolute atomic E-state index is 0.0301. The van der Waals surface area contributed by atoms with Crippen LogP contribution in [0.3, 0.4) is 0 Å². The van der Waals surface area contributed by atoms with Crippen LogP contribution in [0.25, 0.3) is 0 Å². The van der Waals surface area contributed by atoms with Crippen LogP contribution in [0, 0.1) is 5.92 Å². The number of hydrogen-bond donors (Lipinski definition) is 0. The topological polar surface area (TPSA) is 55.6 Å². The summed E-state index contributed by atoms with van der Waals surface area (Å²) in [5.74, 6) is 0.447. The summed E-state index contributed by atoms with van der Waals surface area (Å²) in [5.41, 5.74) is 0.612. The highest BCUT2D eigenvalue weighted by Crippen LogP contribution is 2.41. The van der Waals surface area contributed by atoms with Crippen molar-refractivity contribution in [2.45, 2.75) is 18.6 Å². The lowest BCUT2D eigenvalue weighted by Gasteiger charge is -2.18. The number of amides is 1. The summed E-state index contributed by atoms with van der Waals surface area (Å²) >= 11 is 1.63. The van der Waals surface area contributed by atoms with Gasteiger partial charge in [-0.1, -0.05) is 0 Å². The number of fused-ring (bicyclic) bond motifs is 1. The zero-order valence-electron chi connectivity index (χ0n) is 10.8. The van der Waals surface area contributed by atoms with Crippen LogP contribution in [0.2, 0.25) is 0 Å². The van der Waals surface area contributed by atoms with Crippen molar-refractivity contribution in [3.05, 3.63) is 40.7 Å². The Balaban J connectivity index is 1.43. The largest absolute Gasteiger partial charge is 0.472 e. The Morgan fingerprint density at radius 1 is 1.45 bits per heavy atom. The normalized spacial score (nSPS) is 28.8. The van der Waals surface area contributed by atoms with E-state index in [0.29, 0.717) is 18.0 Å². The van der Waals surface area contributed by atoms with Crippen molar-refractivity contribution in [3.8, 4) is 0 Å². The van der Waals surface area contributed by atoms with Crippen molar-refractivity contribution in [2.24, 2.45) is 5.92 Å². The Labute approximate surface area is 120 Å². The van der Waals surface area contributed by atoms with Gasteiger partial charge in [0, 0.05) is 30.6 Å². The van der Waals surface area contributed by atoms with E-state index in [1.807, 2.05) is 16.5 Å². The van der Waals surface area contributed by atoms with Crippen LogP contribution in [0.15, 0.2) is 34.6 Å². The summed E-state index contributed by atoms with van der Waals surface area (Å²) in [6.07, 6.45) is 6.03. The molecule has 0 aromatic carbocycles. The van der Waals surface area contributed by atoms with E-state index in [2.05, 4.69) is 4.98 Å². The fraction of sp³-hybridized carbons (Fsp3) is 0.429. The van der Waals surface area contributed by atoms with Gasteiger partial charge in [0.15, 0.2) is 0 Å². The average Bonchev–Trinajstić information content (AvgIpc) is 3.19. The molecule has 104 valence electrons. The van der Waals surface area contributed by atoms with Gasteiger partial charge >= 0.3 is 0 Å². The van der Waals surface area contributed by atoms with Crippen LogP contribution >= 0.6 is 11.3 Å². The summed E-state index contributed by atoms with van der Waals surface area (Å²) in [7, 11) is 0. The molecule has 0 saturated carbocycles. The predicted octanol–water partition coefficient (Wildman–Crippen LogP) is 2.34. The molecule has 0 radical (unpaired) electrons. The summed E-state index contributed by atoms with van der Waals surface area (Å²) in [4.78, 5) is 18.4. The Kier molecular flexibility index (Phi) is 2.85. The van der Waals surface area contributed by atoms with Gasteiger partial charge in [-0.15, -0.1) is 11.3 Å². The maximum absolute atomic E-state index is 12.2. The predicted molar refractivity (Wildman–Crippen MR) is 72.4 cm³/mol. The highest BCUT2D eigenvalue weighted by Gasteiger charge is 2.44. The van der Waals surface area contributed by atoms with Gasteiger partial charge in [-0.05, 0) is 12.5 Å². The molecule has 0 spiro atoms. The van der Waals surface area contributed by atoms with Crippen molar-refractivity contribution in [2.75, 3.05) is 13.1 Å². The number of aromatic nitrogens is 1. The quantitative estimate of drug-likeness (QED) is 0.852. The molecule has 0 N–H and O–H groups in total. The van der Waals surface area contributed by atoms with Crippen molar-refractivity contribution >= 4 is 17.2 Å². The molecule has 2 aromatic heterocycles. The Bertz CT molecular complexity index is 582. The molecular weight excluding hydrogens is 276 g/mol. The summed E-state index contributed by atoms with van der Waals surface area (Å²) in [6.45, 7) is 1.42. The van der Waals surface area contributed by atoms with Crippen LogP contribution in [-0.4, -0.2) is 35.0 Å². The van der Waals surface area contributed by atoms with Gasteiger partial charge < -0.3 is 14.1 Å². The standard InChI is InChI=1S/C14H14N2O3S/c17-14(9-1-3-18-8-9)16-6-10-5-11(19-12(10)7-16)13-15-2-4-20-13/h1-4,8,10-12H,5-7H2/t10-,11-,12+/m0/s1. The molecule has 4 rings (SSSR count). The van der Waals surface area contributed by atoms with E-state index in [0.717, 1.165) is 18.0 Å². The Morgan fingerprint density at radius 2 is 2.40 bits per heavy atom. The number of likely N-dealkylation sites (tertiary alicyclic amines) is 1. The van der Waals surface area contributed by atoms with Crippen LogP contribution in [-0.2, 0) is 4.74 Å². The molecule has 2 aliphatic heterocycles. The Hall–Kier alpha value is -1.66. The molecular formula is C14H14N2O3S. The van der Waals surface area contributed by atoms with E-state index < -0.39 is 0 Å². The second-order valence-electron chi connectivity index (χ2n) is 5.25. The lowest BCUT2D eigenvalue weighted by molar-refractivity contribution is 0.0354. The Morgan fingerprint density at radius 3 is 3.10 bits per heavy atom. The molecule has 4 heterocycles. The minimum atomic E-state index is 0.0301. The van der Waals surface area contributed by atoms with Crippen molar-refractivity contribution in [1.29, 1.82) is 0 Å². The number of ether oxygens (including phenoxy) is 1. The van der Waals surface area contributed by atoms with Crippen molar-refractivity contribution in [1.82, 2.24) is 9.88 Å². The molecule has 2 aromatic rings. The number of nitrogens with zero attached hydrogens (tertiary/aromatic N) is 2. The van der Waals surface area contributed by atoms with Gasteiger partial charge in [-0.2, -0.15) is 0 Å². The molecule has 20 heavy (non-hydrogen) atoms. The highest BCUT2D eigenvalue weighted by atomic mass is 32.1. The number of carbonyl (C=O) groups is 1. The third-order valence-electron chi connectivity index (χ3n) is 4.02. The van der Waals surface area contributed by atoms with Crippen LogP contribution in [0.4, 0.5) is 0 Å².